The lowest BCUT2D eigenvalue weighted by Gasteiger charge is -2.57. The third-order valence-electron chi connectivity index (χ3n) is 12.3. The Kier molecular flexibility index (Phi) is 6.04. The number of nitrogens with zero attached hydrogens (tertiary/aromatic N) is 2. The van der Waals surface area contributed by atoms with Gasteiger partial charge in [0.1, 0.15) is 0 Å². The minimum Gasteiger partial charge on any atom is -0.310 e. The van der Waals surface area contributed by atoms with Gasteiger partial charge in [-0.1, -0.05) is 66.7 Å². The van der Waals surface area contributed by atoms with E-state index < -0.39 is 0 Å². The summed E-state index contributed by atoms with van der Waals surface area (Å²) in [4.78, 5) is 2.49. The van der Waals surface area contributed by atoms with Crippen LogP contribution < -0.4 is 4.90 Å². The molecule has 0 radical (unpaired) electrons. The van der Waals surface area contributed by atoms with Crippen LogP contribution in [0.3, 0.4) is 0 Å². The van der Waals surface area contributed by atoms with E-state index in [4.69, 9.17) is 0 Å². The van der Waals surface area contributed by atoms with E-state index in [1.165, 1.54) is 103 Å². The summed E-state index contributed by atoms with van der Waals surface area (Å²) in [7, 11) is 0. The fraction of sp³-hybridized carbons (Fsp3) is 0.217. The maximum atomic E-state index is 2.49. The van der Waals surface area contributed by atoms with Gasteiger partial charge in [0.15, 0.2) is 0 Å². The number of hydrogen-bond acceptors (Lipinski definition) is 2. The van der Waals surface area contributed by atoms with Crippen LogP contribution in [0.5, 0.6) is 0 Å². The zero-order valence-electron chi connectivity index (χ0n) is 27.6. The summed E-state index contributed by atoms with van der Waals surface area (Å²) in [6.45, 7) is 0. The second kappa shape index (κ2) is 10.6. The zero-order valence-corrected chi connectivity index (χ0v) is 28.4. The minimum absolute atomic E-state index is 0.394. The second-order valence-corrected chi connectivity index (χ2v) is 16.3. The Morgan fingerprint density at radius 1 is 0.490 bits per heavy atom. The average molecular weight is 651 g/mol. The standard InChI is InChI=1S/C46H38N2S/c1-2-8-34(9-3-1)48-42-12-6-4-10-38(42)40-25-36(18-20-43(40)48)47(37-19-21-45-41(26-37)39-11-5-7-13-44(39)49-45)35-16-14-33(15-17-35)46-27-30-22-31(28-46)24-32(23-30)29-46/h1-21,25-26,30-32H,22-24,27-29H2. The smallest absolute Gasteiger partial charge is 0.0542 e. The van der Waals surface area contributed by atoms with Gasteiger partial charge in [-0.2, -0.15) is 0 Å². The van der Waals surface area contributed by atoms with Crippen molar-refractivity contribution in [1.29, 1.82) is 0 Å². The molecule has 0 unspecified atom stereocenters. The quantitative estimate of drug-likeness (QED) is 0.180. The fourth-order valence-corrected chi connectivity index (χ4v) is 11.8. The number of hydrogen-bond donors (Lipinski definition) is 0. The predicted molar refractivity (Wildman–Crippen MR) is 208 cm³/mol. The molecule has 2 nitrogen and oxygen atoms in total. The minimum atomic E-state index is 0.394. The molecule has 4 bridgehead atoms. The van der Waals surface area contributed by atoms with Crippen molar-refractivity contribution < 1.29 is 0 Å². The van der Waals surface area contributed by atoms with Crippen LogP contribution in [0.1, 0.15) is 44.1 Å². The van der Waals surface area contributed by atoms with E-state index in [0.717, 1.165) is 17.8 Å². The van der Waals surface area contributed by atoms with Gasteiger partial charge in [-0.15, -0.1) is 11.3 Å². The van der Waals surface area contributed by atoms with Crippen molar-refractivity contribution in [1.82, 2.24) is 4.57 Å². The molecule has 3 heteroatoms. The van der Waals surface area contributed by atoms with Gasteiger partial charge in [0.05, 0.1) is 11.0 Å². The summed E-state index contributed by atoms with van der Waals surface area (Å²) in [6.07, 6.45) is 8.63. The fourth-order valence-electron chi connectivity index (χ4n) is 10.7. The van der Waals surface area contributed by atoms with Crippen molar-refractivity contribution in [3.8, 4) is 5.69 Å². The summed E-state index contributed by atoms with van der Waals surface area (Å²) < 4.78 is 5.09. The molecule has 4 saturated carbocycles. The number of aromatic nitrogens is 1. The van der Waals surface area contributed by atoms with Crippen LogP contribution in [0, 0.1) is 17.8 Å². The first kappa shape index (κ1) is 28.0. The normalized spacial score (nSPS) is 22.9. The Morgan fingerprint density at radius 2 is 1.06 bits per heavy atom. The van der Waals surface area contributed by atoms with Crippen molar-refractivity contribution in [3.63, 3.8) is 0 Å². The number of para-hydroxylation sites is 2. The van der Waals surface area contributed by atoms with E-state index in [9.17, 15) is 0 Å². The maximum Gasteiger partial charge on any atom is 0.0542 e. The van der Waals surface area contributed by atoms with E-state index in [2.05, 4.69) is 149 Å². The molecule has 0 amide bonds. The van der Waals surface area contributed by atoms with Crippen LogP contribution in [0.4, 0.5) is 17.1 Å². The van der Waals surface area contributed by atoms with E-state index >= 15 is 0 Å². The highest BCUT2D eigenvalue weighted by atomic mass is 32.1. The summed E-state index contributed by atoms with van der Waals surface area (Å²) in [5.41, 5.74) is 9.23. The SMILES string of the molecule is c1ccc(-n2c3ccccc3c3cc(N(c4ccc(C56CC7CC(CC(C7)C5)C6)cc4)c4ccc5sc6ccccc6c5c4)ccc32)cc1. The molecule has 0 spiro atoms. The molecule has 4 aliphatic carbocycles. The number of rotatable bonds is 5. The molecule has 2 heterocycles. The topological polar surface area (TPSA) is 8.17 Å². The van der Waals surface area contributed by atoms with Crippen LogP contribution in [0.2, 0.25) is 0 Å². The first-order valence-corrected chi connectivity index (χ1v) is 18.9. The number of benzene rings is 6. The molecular weight excluding hydrogens is 613 g/mol. The van der Waals surface area contributed by atoms with Crippen LogP contribution >= 0.6 is 11.3 Å². The highest BCUT2D eigenvalue weighted by Crippen LogP contribution is 2.61. The molecule has 0 atom stereocenters. The summed E-state index contributed by atoms with van der Waals surface area (Å²) >= 11 is 1.89. The Bertz CT molecular complexity index is 2500. The summed E-state index contributed by atoms with van der Waals surface area (Å²) in [5, 5.41) is 5.21. The lowest BCUT2D eigenvalue weighted by Crippen LogP contribution is -2.48. The Morgan fingerprint density at radius 3 is 1.82 bits per heavy atom. The third kappa shape index (κ3) is 4.31. The number of fused-ring (bicyclic) bond motifs is 6. The molecule has 0 saturated heterocycles. The van der Waals surface area contributed by atoms with Crippen LogP contribution in [0.25, 0.3) is 47.7 Å². The maximum absolute atomic E-state index is 2.49. The Hall–Kier alpha value is -4.86. The molecular formula is C46H38N2S. The molecule has 0 N–H and O–H groups in total. The van der Waals surface area contributed by atoms with Crippen molar-refractivity contribution in [2.24, 2.45) is 17.8 Å². The largest absolute Gasteiger partial charge is 0.310 e. The first-order valence-electron chi connectivity index (χ1n) is 18.1. The van der Waals surface area contributed by atoms with Gasteiger partial charge in [0.2, 0.25) is 0 Å². The number of anilines is 3. The molecule has 8 aromatic rings. The highest BCUT2D eigenvalue weighted by Gasteiger charge is 2.51. The number of thiophene rings is 1. The Labute approximate surface area is 291 Å². The van der Waals surface area contributed by atoms with E-state index in [-0.39, 0.29) is 0 Å². The molecule has 4 aliphatic rings. The molecule has 2 aromatic heterocycles. The second-order valence-electron chi connectivity index (χ2n) is 15.2. The van der Waals surface area contributed by atoms with Crippen LogP contribution in [-0.2, 0) is 5.41 Å². The first-order chi connectivity index (χ1) is 24.2. The third-order valence-corrected chi connectivity index (χ3v) is 13.5. The monoisotopic (exact) mass is 650 g/mol. The lowest BCUT2D eigenvalue weighted by atomic mass is 9.48. The molecule has 0 aliphatic heterocycles. The molecule has 6 aromatic carbocycles. The van der Waals surface area contributed by atoms with Gasteiger partial charge in [0.25, 0.3) is 0 Å². The zero-order chi connectivity index (χ0) is 32.1. The van der Waals surface area contributed by atoms with Crippen LogP contribution in [0.15, 0.2) is 140 Å². The summed E-state index contributed by atoms with van der Waals surface area (Å²) in [5.74, 6) is 2.83. The van der Waals surface area contributed by atoms with Gasteiger partial charge in [0, 0.05) is 53.7 Å². The van der Waals surface area contributed by atoms with Gasteiger partial charge in [-0.05, 0) is 140 Å². The van der Waals surface area contributed by atoms with E-state index in [1.54, 1.807) is 5.56 Å². The van der Waals surface area contributed by atoms with Crippen molar-refractivity contribution in [2.45, 2.75) is 43.9 Å². The van der Waals surface area contributed by atoms with Crippen LogP contribution in [-0.4, -0.2) is 4.57 Å². The molecule has 49 heavy (non-hydrogen) atoms. The van der Waals surface area contributed by atoms with E-state index in [1.807, 2.05) is 11.3 Å². The van der Waals surface area contributed by atoms with E-state index in [0.29, 0.717) is 5.41 Å². The molecule has 238 valence electrons. The Balaban J connectivity index is 1.09. The van der Waals surface area contributed by atoms with Crippen molar-refractivity contribution in [3.05, 3.63) is 145 Å². The average Bonchev–Trinajstić information content (AvgIpc) is 3.67. The van der Waals surface area contributed by atoms with Crippen molar-refractivity contribution >= 4 is 70.4 Å². The predicted octanol–water partition coefficient (Wildman–Crippen LogP) is 13.1. The van der Waals surface area contributed by atoms with Crippen molar-refractivity contribution in [2.75, 3.05) is 4.90 Å². The highest BCUT2D eigenvalue weighted by molar-refractivity contribution is 7.25. The van der Waals surface area contributed by atoms with Gasteiger partial charge in [-0.25, -0.2) is 0 Å². The molecule has 4 fully saturated rings. The summed E-state index contributed by atoms with van der Waals surface area (Å²) in [6, 6.07) is 52.4. The van der Waals surface area contributed by atoms with Gasteiger partial charge < -0.3 is 9.47 Å². The van der Waals surface area contributed by atoms with Gasteiger partial charge >= 0.3 is 0 Å². The van der Waals surface area contributed by atoms with Gasteiger partial charge in [-0.3, -0.25) is 0 Å². The molecule has 12 rings (SSSR count). The lowest BCUT2D eigenvalue weighted by molar-refractivity contribution is -0.00518.